The van der Waals surface area contributed by atoms with E-state index in [0.717, 1.165) is 6.54 Å². The van der Waals surface area contributed by atoms with Gasteiger partial charge in [-0.1, -0.05) is 32.6 Å². The number of nitrogens with zero attached hydrogens (tertiary/aromatic N) is 2. The number of rotatable bonds is 3. The normalized spacial score (nSPS) is 26.5. The van der Waals surface area contributed by atoms with Crippen molar-refractivity contribution >= 4 is 0 Å². The van der Waals surface area contributed by atoms with E-state index < -0.39 is 0 Å². The Balaban J connectivity index is 2.12. The predicted octanol–water partition coefficient (Wildman–Crippen LogP) is 3.06. The van der Waals surface area contributed by atoms with E-state index in [1.54, 1.807) is 0 Å². The SMILES string of the molecule is CCNC1CCCCCCC1n1cc(C)cn1. The highest BCUT2D eigenvalue weighted by Gasteiger charge is 2.23. The summed E-state index contributed by atoms with van der Waals surface area (Å²) in [6.07, 6.45) is 12.2. The average Bonchev–Trinajstić information content (AvgIpc) is 2.69. The van der Waals surface area contributed by atoms with Crippen LogP contribution >= 0.6 is 0 Å². The summed E-state index contributed by atoms with van der Waals surface area (Å²) in [4.78, 5) is 0. The highest BCUT2D eigenvalue weighted by atomic mass is 15.3. The van der Waals surface area contributed by atoms with Crippen LogP contribution in [-0.2, 0) is 0 Å². The molecule has 96 valence electrons. The smallest absolute Gasteiger partial charge is 0.0672 e. The maximum atomic E-state index is 4.52. The number of hydrogen-bond acceptors (Lipinski definition) is 2. The number of aryl methyl sites for hydroxylation is 1. The van der Waals surface area contributed by atoms with Crippen LogP contribution in [-0.4, -0.2) is 22.4 Å². The van der Waals surface area contributed by atoms with E-state index in [-0.39, 0.29) is 0 Å². The predicted molar refractivity (Wildman–Crippen MR) is 71.2 cm³/mol. The third kappa shape index (κ3) is 3.32. The number of aromatic nitrogens is 2. The lowest BCUT2D eigenvalue weighted by Crippen LogP contribution is -2.38. The summed E-state index contributed by atoms with van der Waals surface area (Å²) in [7, 11) is 0. The van der Waals surface area contributed by atoms with Gasteiger partial charge < -0.3 is 5.32 Å². The van der Waals surface area contributed by atoms with E-state index in [0.29, 0.717) is 12.1 Å². The van der Waals surface area contributed by atoms with Crippen molar-refractivity contribution in [1.29, 1.82) is 0 Å². The standard InChI is InChI=1S/C14H25N3/c1-3-15-13-8-6-4-5-7-9-14(13)17-11-12(2)10-16-17/h10-11,13-15H,3-9H2,1-2H3. The second-order valence-corrected chi connectivity index (χ2v) is 5.22. The van der Waals surface area contributed by atoms with Crippen molar-refractivity contribution in [3.63, 3.8) is 0 Å². The molecule has 3 heteroatoms. The van der Waals surface area contributed by atoms with E-state index in [4.69, 9.17) is 0 Å². The molecular formula is C14H25N3. The fourth-order valence-corrected chi connectivity index (χ4v) is 2.90. The van der Waals surface area contributed by atoms with Crippen LogP contribution in [0.5, 0.6) is 0 Å². The summed E-state index contributed by atoms with van der Waals surface area (Å²) >= 11 is 0. The summed E-state index contributed by atoms with van der Waals surface area (Å²) in [6.45, 7) is 5.38. The molecule has 0 aliphatic heterocycles. The van der Waals surface area contributed by atoms with Crippen LogP contribution in [0.1, 0.15) is 57.1 Å². The Kier molecular flexibility index (Phi) is 4.60. The van der Waals surface area contributed by atoms with Gasteiger partial charge in [0.25, 0.3) is 0 Å². The molecule has 17 heavy (non-hydrogen) atoms. The third-order valence-corrected chi connectivity index (χ3v) is 3.77. The summed E-state index contributed by atoms with van der Waals surface area (Å²) in [5, 5.41) is 8.17. The first-order valence-electron chi connectivity index (χ1n) is 7.05. The van der Waals surface area contributed by atoms with Gasteiger partial charge in [0.15, 0.2) is 0 Å². The van der Waals surface area contributed by atoms with Crippen molar-refractivity contribution in [2.75, 3.05) is 6.54 Å². The van der Waals surface area contributed by atoms with Gasteiger partial charge in [-0.2, -0.15) is 5.10 Å². The molecule has 1 aliphatic rings. The van der Waals surface area contributed by atoms with Gasteiger partial charge in [0, 0.05) is 12.2 Å². The average molecular weight is 235 g/mol. The molecule has 0 saturated heterocycles. The highest BCUT2D eigenvalue weighted by Crippen LogP contribution is 2.26. The summed E-state index contributed by atoms with van der Waals surface area (Å²) in [5.41, 5.74) is 1.27. The van der Waals surface area contributed by atoms with E-state index in [1.807, 2.05) is 6.20 Å². The zero-order valence-corrected chi connectivity index (χ0v) is 11.2. The zero-order chi connectivity index (χ0) is 12.1. The molecule has 1 saturated carbocycles. The molecule has 1 N–H and O–H groups in total. The summed E-state index contributed by atoms with van der Waals surface area (Å²) in [6, 6.07) is 1.14. The molecule has 3 nitrogen and oxygen atoms in total. The van der Waals surface area contributed by atoms with Crippen molar-refractivity contribution in [2.24, 2.45) is 0 Å². The van der Waals surface area contributed by atoms with Crippen LogP contribution in [0.3, 0.4) is 0 Å². The maximum absolute atomic E-state index is 4.52. The molecule has 1 aromatic rings. The second kappa shape index (κ2) is 6.20. The molecule has 2 unspecified atom stereocenters. The molecule has 0 spiro atoms. The molecule has 1 fully saturated rings. The van der Waals surface area contributed by atoms with Crippen molar-refractivity contribution in [3.05, 3.63) is 18.0 Å². The van der Waals surface area contributed by atoms with Crippen LogP contribution in [0, 0.1) is 6.92 Å². The van der Waals surface area contributed by atoms with Crippen LogP contribution < -0.4 is 5.32 Å². The van der Waals surface area contributed by atoms with Crippen LogP contribution in [0.25, 0.3) is 0 Å². The van der Waals surface area contributed by atoms with E-state index in [9.17, 15) is 0 Å². The van der Waals surface area contributed by atoms with E-state index >= 15 is 0 Å². The molecule has 0 aromatic carbocycles. The quantitative estimate of drug-likeness (QED) is 0.872. The van der Waals surface area contributed by atoms with Crippen molar-refractivity contribution in [3.8, 4) is 0 Å². The minimum atomic E-state index is 0.545. The largest absolute Gasteiger partial charge is 0.312 e. The molecule has 0 radical (unpaired) electrons. The lowest BCUT2D eigenvalue weighted by molar-refractivity contribution is 0.269. The fraction of sp³-hybridized carbons (Fsp3) is 0.786. The Morgan fingerprint density at radius 2 is 2.06 bits per heavy atom. The molecule has 2 rings (SSSR count). The first-order chi connectivity index (χ1) is 8.31. The zero-order valence-electron chi connectivity index (χ0n) is 11.2. The van der Waals surface area contributed by atoms with Crippen LogP contribution in [0.15, 0.2) is 12.4 Å². The van der Waals surface area contributed by atoms with Gasteiger partial charge in [-0.3, -0.25) is 4.68 Å². The Morgan fingerprint density at radius 1 is 1.29 bits per heavy atom. The minimum Gasteiger partial charge on any atom is -0.312 e. The topological polar surface area (TPSA) is 29.9 Å². The lowest BCUT2D eigenvalue weighted by atomic mass is 9.92. The molecule has 1 aromatic heterocycles. The Bertz CT molecular complexity index is 332. The lowest BCUT2D eigenvalue weighted by Gasteiger charge is -2.30. The van der Waals surface area contributed by atoms with Crippen molar-refractivity contribution < 1.29 is 0 Å². The van der Waals surface area contributed by atoms with Gasteiger partial charge in [-0.15, -0.1) is 0 Å². The number of likely N-dealkylation sites (N-methyl/N-ethyl adjacent to an activating group) is 1. The molecule has 1 heterocycles. The van der Waals surface area contributed by atoms with Crippen LogP contribution in [0.2, 0.25) is 0 Å². The minimum absolute atomic E-state index is 0.545. The number of nitrogens with one attached hydrogen (secondary N) is 1. The molecule has 1 aliphatic carbocycles. The fourth-order valence-electron chi connectivity index (χ4n) is 2.90. The van der Waals surface area contributed by atoms with E-state index in [1.165, 1.54) is 44.1 Å². The molecule has 0 amide bonds. The second-order valence-electron chi connectivity index (χ2n) is 5.22. The Morgan fingerprint density at radius 3 is 2.71 bits per heavy atom. The maximum Gasteiger partial charge on any atom is 0.0672 e. The first kappa shape index (κ1) is 12.6. The van der Waals surface area contributed by atoms with Gasteiger partial charge in [-0.05, 0) is 31.9 Å². The Hall–Kier alpha value is -0.830. The van der Waals surface area contributed by atoms with E-state index in [2.05, 4.69) is 35.1 Å². The van der Waals surface area contributed by atoms with Gasteiger partial charge >= 0.3 is 0 Å². The van der Waals surface area contributed by atoms with Crippen LogP contribution in [0.4, 0.5) is 0 Å². The highest BCUT2D eigenvalue weighted by molar-refractivity contribution is 5.01. The third-order valence-electron chi connectivity index (χ3n) is 3.77. The summed E-state index contributed by atoms with van der Waals surface area (Å²) < 4.78 is 2.19. The monoisotopic (exact) mass is 235 g/mol. The molecular weight excluding hydrogens is 210 g/mol. The first-order valence-corrected chi connectivity index (χ1v) is 7.05. The molecule has 2 atom stereocenters. The van der Waals surface area contributed by atoms with Crippen molar-refractivity contribution in [1.82, 2.24) is 15.1 Å². The van der Waals surface area contributed by atoms with Gasteiger partial charge in [0.05, 0.1) is 12.2 Å². The van der Waals surface area contributed by atoms with Gasteiger partial charge in [0.2, 0.25) is 0 Å². The number of hydrogen-bond donors (Lipinski definition) is 1. The van der Waals surface area contributed by atoms with Gasteiger partial charge in [0.1, 0.15) is 0 Å². The van der Waals surface area contributed by atoms with Crippen molar-refractivity contribution in [2.45, 2.75) is 64.5 Å². The molecule has 0 bridgehead atoms. The van der Waals surface area contributed by atoms with Gasteiger partial charge in [-0.25, -0.2) is 0 Å². The summed E-state index contributed by atoms with van der Waals surface area (Å²) in [5.74, 6) is 0. The Labute approximate surface area is 105 Å².